The van der Waals surface area contributed by atoms with E-state index in [2.05, 4.69) is 10.6 Å². The average molecular weight is 538 g/mol. The van der Waals surface area contributed by atoms with Crippen LogP contribution in [-0.4, -0.2) is 53.5 Å². The first-order valence-corrected chi connectivity index (χ1v) is 12.1. The molecule has 2 N–H and O–H groups in total. The molecule has 0 atom stereocenters. The minimum Gasteiger partial charge on any atom is -0.385 e. The number of aliphatic imine (C=N–C) groups is 1. The topological polar surface area (TPSA) is 79.8 Å². The van der Waals surface area contributed by atoms with Gasteiger partial charge >= 0.3 is 0 Å². The van der Waals surface area contributed by atoms with Gasteiger partial charge in [-0.15, -0.1) is 24.0 Å². The van der Waals surface area contributed by atoms with Crippen molar-refractivity contribution in [2.45, 2.75) is 44.8 Å². The zero-order chi connectivity index (χ0) is 20.3. The number of benzene rings is 1. The Hall–Kier alpha value is -0.870. The molecule has 0 bridgehead atoms. The van der Waals surface area contributed by atoms with Gasteiger partial charge in [0, 0.05) is 33.4 Å². The molecule has 0 amide bonds. The Bertz CT molecular complexity index is 707. The van der Waals surface area contributed by atoms with E-state index >= 15 is 0 Å². The number of halogens is 1. The Morgan fingerprint density at radius 3 is 2.52 bits per heavy atom. The lowest BCUT2D eigenvalue weighted by atomic mass is 9.67. The van der Waals surface area contributed by atoms with Crippen molar-refractivity contribution in [1.29, 1.82) is 0 Å². The van der Waals surface area contributed by atoms with E-state index in [1.54, 1.807) is 7.11 Å². The molecule has 166 valence electrons. The number of hydrogen-bond acceptors (Lipinski definition) is 4. The highest BCUT2D eigenvalue weighted by Gasteiger charge is 2.36. The SMILES string of the molecule is CCNC(=NCC1(CCOC)CCC1)NCCCS(=O)(=O)Cc1ccccc1.I. The van der Waals surface area contributed by atoms with E-state index in [9.17, 15) is 8.42 Å². The lowest BCUT2D eigenvalue weighted by molar-refractivity contribution is 0.0778. The zero-order valence-electron chi connectivity index (χ0n) is 17.7. The molecule has 1 saturated carbocycles. The fraction of sp³-hybridized carbons (Fsp3) is 0.667. The number of methoxy groups -OCH3 is 1. The van der Waals surface area contributed by atoms with Crippen LogP contribution in [0.25, 0.3) is 0 Å². The molecule has 0 aromatic heterocycles. The number of ether oxygens (including phenoxy) is 1. The summed E-state index contributed by atoms with van der Waals surface area (Å²) in [6, 6.07) is 9.34. The molecule has 6 nitrogen and oxygen atoms in total. The number of guanidine groups is 1. The van der Waals surface area contributed by atoms with Gasteiger partial charge in [-0.1, -0.05) is 36.8 Å². The van der Waals surface area contributed by atoms with Crippen LogP contribution in [0.15, 0.2) is 35.3 Å². The molecule has 0 heterocycles. The van der Waals surface area contributed by atoms with E-state index in [1.807, 2.05) is 37.3 Å². The predicted molar refractivity (Wildman–Crippen MR) is 131 cm³/mol. The van der Waals surface area contributed by atoms with Gasteiger partial charge < -0.3 is 15.4 Å². The molecule has 0 radical (unpaired) electrons. The Balaban J connectivity index is 0.00000420. The summed E-state index contributed by atoms with van der Waals surface area (Å²) in [5.41, 5.74) is 1.12. The molecule has 2 rings (SSSR count). The summed E-state index contributed by atoms with van der Waals surface area (Å²) in [6.45, 7) is 4.97. The first-order chi connectivity index (χ1) is 13.5. The van der Waals surface area contributed by atoms with Gasteiger partial charge in [0.1, 0.15) is 0 Å². The van der Waals surface area contributed by atoms with Crippen LogP contribution in [0.5, 0.6) is 0 Å². The first kappa shape index (κ1) is 26.2. The van der Waals surface area contributed by atoms with E-state index in [0.29, 0.717) is 13.0 Å². The number of hydrogen-bond donors (Lipinski definition) is 2. The van der Waals surface area contributed by atoms with Crippen molar-refractivity contribution in [3.05, 3.63) is 35.9 Å². The number of nitrogens with zero attached hydrogens (tertiary/aromatic N) is 1. The van der Waals surface area contributed by atoms with E-state index in [1.165, 1.54) is 19.3 Å². The van der Waals surface area contributed by atoms with Crippen molar-refractivity contribution in [2.75, 3.05) is 39.1 Å². The van der Waals surface area contributed by atoms with Crippen molar-refractivity contribution in [2.24, 2.45) is 10.4 Å². The van der Waals surface area contributed by atoms with Crippen molar-refractivity contribution < 1.29 is 13.2 Å². The predicted octanol–water partition coefficient (Wildman–Crippen LogP) is 3.37. The minimum absolute atomic E-state index is 0. The van der Waals surface area contributed by atoms with Crippen molar-refractivity contribution in [1.82, 2.24) is 10.6 Å². The van der Waals surface area contributed by atoms with Gasteiger partial charge in [0.15, 0.2) is 15.8 Å². The summed E-state index contributed by atoms with van der Waals surface area (Å²) >= 11 is 0. The zero-order valence-corrected chi connectivity index (χ0v) is 20.8. The largest absolute Gasteiger partial charge is 0.385 e. The molecule has 0 saturated heterocycles. The van der Waals surface area contributed by atoms with Gasteiger partial charge in [-0.3, -0.25) is 4.99 Å². The van der Waals surface area contributed by atoms with Crippen LogP contribution in [0.1, 0.15) is 44.6 Å². The molecule has 0 spiro atoms. The quantitative estimate of drug-likeness (QED) is 0.185. The minimum atomic E-state index is -3.10. The van der Waals surface area contributed by atoms with Gasteiger partial charge in [0.05, 0.1) is 11.5 Å². The maximum Gasteiger partial charge on any atom is 0.191 e. The van der Waals surface area contributed by atoms with Gasteiger partial charge in [0.2, 0.25) is 0 Å². The number of rotatable bonds is 12. The third kappa shape index (κ3) is 9.65. The van der Waals surface area contributed by atoms with E-state index in [4.69, 9.17) is 9.73 Å². The second-order valence-electron chi connectivity index (χ2n) is 7.65. The third-order valence-electron chi connectivity index (χ3n) is 5.32. The van der Waals surface area contributed by atoms with Crippen LogP contribution in [0.2, 0.25) is 0 Å². The highest BCUT2D eigenvalue weighted by Crippen LogP contribution is 2.44. The summed E-state index contributed by atoms with van der Waals surface area (Å²) < 4.78 is 29.8. The van der Waals surface area contributed by atoms with E-state index in [0.717, 1.165) is 37.6 Å². The molecule has 0 aliphatic heterocycles. The summed E-state index contributed by atoms with van der Waals surface area (Å²) in [5, 5.41) is 6.53. The summed E-state index contributed by atoms with van der Waals surface area (Å²) in [7, 11) is -1.36. The smallest absolute Gasteiger partial charge is 0.191 e. The lowest BCUT2D eigenvalue weighted by Crippen LogP contribution is -2.40. The monoisotopic (exact) mass is 537 g/mol. The standard InChI is InChI=1S/C21H35N3O3S.HI/c1-3-22-20(24-18-21(11-7-12-21)13-15-27-2)23-14-8-16-28(25,26)17-19-9-5-4-6-10-19;/h4-6,9-10H,3,7-8,11-18H2,1-2H3,(H2,22,23,24);1H. The molecule has 1 aliphatic carbocycles. The molecule has 1 fully saturated rings. The Labute approximate surface area is 193 Å². The molecule has 0 unspecified atom stereocenters. The molecule has 1 aliphatic rings. The maximum atomic E-state index is 12.3. The molecular weight excluding hydrogens is 501 g/mol. The molecule has 29 heavy (non-hydrogen) atoms. The third-order valence-corrected chi connectivity index (χ3v) is 7.01. The number of nitrogens with one attached hydrogen (secondary N) is 2. The summed E-state index contributed by atoms with van der Waals surface area (Å²) in [4.78, 5) is 4.75. The summed E-state index contributed by atoms with van der Waals surface area (Å²) in [5.74, 6) is 1.04. The van der Waals surface area contributed by atoms with Crippen molar-refractivity contribution in [3.8, 4) is 0 Å². The van der Waals surface area contributed by atoms with E-state index < -0.39 is 9.84 Å². The van der Waals surface area contributed by atoms with Gasteiger partial charge in [-0.05, 0) is 43.6 Å². The van der Waals surface area contributed by atoms with Gasteiger partial charge in [-0.25, -0.2) is 8.42 Å². The van der Waals surface area contributed by atoms with Gasteiger partial charge in [-0.2, -0.15) is 0 Å². The number of sulfone groups is 1. The normalized spacial score (nSPS) is 15.9. The van der Waals surface area contributed by atoms with Crippen molar-refractivity contribution >= 4 is 39.8 Å². The Morgan fingerprint density at radius 1 is 1.21 bits per heavy atom. The van der Waals surface area contributed by atoms with Gasteiger partial charge in [0.25, 0.3) is 0 Å². The fourth-order valence-corrected chi connectivity index (χ4v) is 4.90. The summed E-state index contributed by atoms with van der Waals surface area (Å²) in [6.07, 6.45) is 5.29. The van der Waals surface area contributed by atoms with Crippen LogP contribution in [0, 0.1) is 5.41 Å². The molecule has 1 aromatic carbocycles. The van der Waals surface area contributed by atoms with Crippen LogP contribution < -0.4 is 10.6 Å². The molecule has 1 aromatic rings. The second-order valence-corrected chi connectivity index (χ2v) is 9.83. The average Bonchev–Trinajstić information content (AvgIpc) is 2.64. The fourth-order valence-electron chi connectivity index (χ4n) is 3.47. The van der Waals surface area contributed by atoms with Crippen LogP contribution in [0.4, 0.5) is 0 Å². The lowest BCUT2D eigenvalue weighted by Gasteiger charge is -2.40. The van der Waals surface area contributed by atoms with Crippen LogP contribution in [-0.2, 0) is 20.3 Å². The molecule has 8 heteroatoms. The van der Waals surface area contributed by atoms with Crippen LogP contribution >= 0.6 is 24.0 Å². The molecular formula is C21H36IN3O3S. The highest BCUT2D eigenvalue weighted by atomic mass is 127. The van der Waals surface area contributed by atoms with E-state index in [-0.39, 0.29) is 40.9 Å². The Kier molecular flexibility index (Phi) is 12.1. The van der Waals surface area contributed by atoms with Crippen molar-refractivity contribution in [3.63, 3.8) is 0 Å². The highest BCUT2D eigenvalue weighted by molar-refractivity contribution is 14.0. The maximum absolute atomic E-state index is 12.3. The first-order valence-electron chi connectivity index (χ1n) is 10.2. The Morgan fingerprint density at radius 2 is 1.93 bits per heavy atom. The second kappa shape index (κ2) is 13.4. The van der Waals surface area contributed by atoms with Crippen LogP contribution in [0.3, 0.4) is 0 Å².